The molecule has 1 fully saturated rings. The summed E-state index contributed by atoms with van der Waals surface area (Å²) in [4.78, 5) is 19.3. The van der Waals surface area contributed by atoms with E-state index in [0.29, 0.717) is 40.3 Å². The van der Waals surface area contributed by atoms with Crippen molar-refractivity contribution in [2.45, 2.75) is 18.9 Å². The van der Waals surface area contributed by atoms with E-state index in [1.165, 1.54) is 0 Å². The highest BCUT2D eigenvalue weighted by Crippen LogP contribution is 2.35. The second kappa shape index (κ2) is 8.13. The van der Waals surface area contributed by atoms with Gasteiger partial charge in [0.15, 0.2) is 11.5 Å². The molecule has 2 heterocycles. The van der Waals surface area contributed by atoms with Crippen molar-refractivity contribution in [1.29, 1.82) is 0 Å². The minimum atomic E-state index is -0.250. The third kappa shape index (κ3) is 3.78. The summed E-state index contributed by atoms with van der Waals surface area (Å²) >= 11 is 5.93. The number of benzene rings is 2. The summed E-state index contributed by atoms with van der Waals surface area (Å²) in [5.41, 5.74) is 1.33. The molecule has 1 aliphatic heterocycles. The van der Waals surface area contributed by atoms with Crippen LogP contribution >= 0.6 is 11.6 Å². The molecule has 1 amide bonds. The Balaban J connectivity index is 1.58. The molecule has 8 heteroatoms. The first-order valence-corrected chi connectivity index (χ1v) is 9.61. The fourth-order valence-corrected chi connectivity index (χ4v) is 3.61. The van der Waals surface area contributed by atoms with Crippen molar-refractivity contribution >= 4 is 17.5 Å². The Morgan fingerprint density at radius 2 is 1.90 bits per heavy atom. The van der Waals surface area contributed by atoms with Crippen molar-refractivity contribution in [3.05, 3.63) is 58.9 Å². The SMILES string of the molecule is COc1ccc(-c2noc([C@@H]3CCCN3C(=O)c3ccc(Cl)cc3)n2)cc1OC. The Morgan fingerprint density at radius 3 is 2.62 bits per heavy atom. The maximum absolute atomic E-state index is 12.9. The van der Waals surface area contributed by atoms with Crippen molar-refractivity contribution in [2.75, 3.05) is 20.8 Å². The monoisotopic (exact) mass is 413 g/mol. The van der Waals surface area contributed by atoms with Gasteiger partial charge in [-0.3, -0.25) is 4.79 Å². The largest absolute Gasteiger partial charge is 0.493 e. The lowest BCUT2D eigenvalue weighted by Gasteiger charge is -2.21. The average Bonchev–Trinajstić information content (AvgIpc) is 3.42. The molecule has 29 heavy (non-hydrogen) atoms. The van der Waals surface area contributed by atoms with E-state index in [1.54, 1.807) is 55.5 Å². The molecule has 1 atom stereocenters. The minimum Gasteiger partial charge on any atom is -0.493 e. The lowest BCUT2D eigenvalue weighted by molar-refractivity contribution is 0.0710. The van der Waals surface area contributed by atoms with E-state index in [1.807, 2.05) is 6.07 Å². The maximum atomic E-state index is 12.9. The summed E-state index contributed by atoms with van der Waals surface area (Å²) in [6.45, 7) is 0.639. The average molecular weight is 414 g/mol. The van der Waals surface area contributed by atoms with E-state index in [4.69, 9.17) is 25.6 Å². The highest BCUT2D eigenvalue weighted by Gasteiger charge is 2.34. The molecular formula is C21H20ClN3O4. The van der Waals surface area contributed by atoms with Gasteiger partial charge in [-0.05, 0) is 55.3 Å². The molecule has 7 nitrogen and oxygen atoms in total. The van der Waals surface area contributed by atoms with Gasteiger partial charge < -0.3 is 18.9 Å². The van der Waals surface area contributed by atoms with Crippen LogP contribution in [0.2, 0.25) is 5.02 Å². The van der Waals surface area contributed by atoms with Gasteiger partial charge in [-0.25, -0.2) is 0 Å². The summed E-state index contributed by atoms with van der Waals surface area (Å²) in [6.07, 6.45) is 1.64. The minimum absolute atomic E-state index is 0.0740. The molecule has 1 aliphatic rings. The number of halogens is 1. The van der Waals surface area contributed by atoms with Crippen LogP contribution in [-0.2, 0) is 0 Å². The van der Waals surface area contributed by atoms with Crippen molar-refractivity contribution in [3.8, 4) is 22.9 Å². The van der Waals surface area contributed by atoms with Gasteiger partial charge in [0.2, 0.25) is 11.7 Å². The molecule has 2 aromatic carbocycles. The summed E-state index contributed by atoms with van der Waals surface area (Å²) in [7, 11) is 3.15. The number of hydrogen-bond acceptors (Lipinski definition) is 6. The zero-order valence-electron chi connectivity index (χ0n) is 16.1. The molecule has 1 aromatic heterocycles. The van der Waals surface area contributed by atoms with Gasteiger partial charge in [-0.15, -0.1) is 0 Å². The zero-order chi connectivity index (χ0) is 20.4. The lowest BCUT2D eigenvalue weighted by atomic mass is 10.1. The predicted molar refractivity (Wildman–Crippen MR) is 107 cm³/mol. The summed E-state index contributed by atoms with van der Waals surface area (Å²) < 4.78 is 16.1. The van der Waals surface area contributed by atoms with Crippen LogP contribution in [0.1, 0.15) is 35.1 Å². The summed E-state index contributed by atoms with van der Waals surface area (Å²) in [5, 5.41) is 4.70. The first-order valence-electron chi connectivity index (χ1n) is 9.23. The van der Waals surface area contributed by atoms with Gasteiger partial charge in [0, 0.05) is 22.7 Å². The highest BCUT2D eigenvalue weighted by atomic mass is 35.5. The third-order valence-electron chi connectivity index (χ3n) is 4.97. The number of carbonyl (C=O) groups is 1. The first kappa shape index (κ1) is 19.3. The molecule has 0 aliphatic carbocycles. The Hall–Kier alpha value is -3.06. The fourth-order valence-electron chi connectivity index (χ4n) is 3.49. The molecule has 150 valence electrons. The van der Waals surface area contributed by atoms with Crippen LogP contribution in [-0.4, -0.2) is 41.7 Å². The Kier molecular flexibility index (Phi) is 5.40. The van der Waals surface area contributed by atoms with Gasteiger partial charge in [0.25, 0.3) is 5.91 Å². The van der Waals surface area contributed by atoms with Gasteiger partial charge in [0.1, 0.15) is 6.04 Å². The molecule has 4 rings (SSSR count). The van der Waals surface area contributed by atoms with E-state index in [9.17, 15) is 4.79 Å². The van der Waals surface area contributed by atoms with Gasteiger partial charge in [-0.2, -0.15) is 4.98 Å². The van der Waals surface area contributed by atoms with E-state index in [-0.39, 0.29) is 11.9 Å². The van der Waals surface area contributed by atoms with Gasteiger partial charge >= 0.3 is 0 Å². The maximum Gasteiger partial charge on any atom is 0.254 e. The second-order valence-electron chi connectivity index (χ2n) is 6.69. The topological polar surface area (TPSA) is 77.7 Å². The van der Waals surface area contributed by atoms with Crippen molar-refractivity contribution in [1.82, 2.24) is 15.0 Å². The first-order chi connectivity index (χ1) is 14.1. The third-order valence-corrected chi connectivity index (χ3v) is 5.23. The van der Waals surface area contributed by atoms with Gasteiger partial charge in [0.05, 0.1) is 14.2 Å². The number of likely N-dealkylation sites (tertiary alicyclic amines) is 1. The Bertz CT molecular complexity index is 1020. The van der Waals surface area contributed by atoms with E-state index in [2.05, 4.69) is 10.1 Å². The molecule has 0 spiro atoms. The normalized spacial score (nSPS) is 16.1. The van der Waals surface area contributed by atoms with Crippen LogP contribution in [0.3, 0.4) is 0 Å². The summed E-state index contributed by atoms with van der Waals surface area (Å²) in [6, 6.07) is 12.0. The molecule has 0 saturated carbocycles. The molecule has 0 unspecified atom stereocenters. The number of hydrogen-bond donors (Lipinski definition) is 0. The van der Waals surface area contributed by atoms with Crippen molar-refractivity contribution < 1.29 is 18.8 Å². The predicted octanol–water partition coefficient (Wildman–Crippen LogP) is 4.38. The van der Waals surface area contributed by atoms with Gasteiger partial charge in [-0.1, -0.05) is 16.8 Å². The molecule has 0 radical (unpaired) electrons. The number of rotatable bonds is 5. The van der Waals surface area contributed by atoms with E-state index >= 15 is 0 Å². The smallest absolute Gasteiger partial charge is 0.254 e. The quantitative estimate of drug-likeness (QED) is 0.617. The number of carbonyl (C=O) groups excluding carboxylic acids is 1. The number of methoxy groups -OCH3 is 2. The zero-order valence-corrected chi connectivity index (χ0v) is 16.8. The number of amides is 1. The standard InChI is InChI=1S/C21H20ClN3O4/c1-27-17-10-7-14(12-18(17)28-2)19-23-20(29-24-19)16-4-3-11-25(16)21(26)13-5-8-15(22)9-6-13/h5-10,12,16H,3-4,11H2,1-2H3/t16-/m0/s1. The second-order valence-corrected chi connectivity index (χ2v) is 7.13. The van der Waals surface area contributed by atoms with Crippen LogP contribution in [0.5, 0.6) is 11.5 Å². The Labute approximate surface area is 173 Å². The molecule has 0 N–H and O–H groups in total. The molecule has 0 bridgehead atoms. The molecule has 3 aromatic rings. The molecular weight excluding hydrogens is 394 g/mol. The van der Waals surface area contributed by atoms with Crippen LogP contribution in [0.25, 0.3) is 11.4 Å². The Morgan fingerprint density at radius 1 is 1.14 bits per heavy atom. The van der Waals surface area contributed by atoms with Crippen LogP contribution in [0, 0.1) is 0 Å². The molecule has 1 saturated heterocycles. The summed E-state index contributed by atoms with van der Waals surface area (Å²) in [5.74, 6) is 1.99. The van der Waals surface area contributed by atoms with E-state index in [0.717, 1.165) is 18.4 Å². The van der Waals surface area contributed by atoms with Crippen LogP contribution < -0.4 is 9.47 Å². The fraction of sp³-hybridized carbons (Fsp3) is 0.286. The highest BCUT2D eigenvalue weighted by molar-refractivity contribution is 6.30. The van der Waals surface area contributed by atoms with E-state index < -0.39 is 0 Å². The van der Waals surface area contributed by atoms with Crippen molar-refractivity contribution in [2.24, 2.45) is 0 Å². The van der Waals surface area contributed by atoms with Crippen LogP contribution in [0.4, 0.5) is 0 Å². The van der Waals surface area contributed by atoms with Crippen molar-refractivity contribution in [3.63, 3.8) is 0 Å². The van der Waals surface area contributed by atoms with Crippen LogP contribution in [0.15, 0.2) is 47.0 Å². The number of aromatic nitrogens is 2. The number of ether oxygens (including phenoxy) is 2. The lowest BCUT2D eigenvalue weighted by Crippen LogP contribution is -2.30. The number of nitrogens with zero attached hydrogens (tertiary/aromatic N) is 3.